The molecular weight excluding hydrogens is 318 g/mol. The molecule has 0 bridgehead atoms. The normalized spacial score (nSPS) is 19.3. The Morgan fingerprint density at radius 1 is 1.35 bits per heavy atom. The fourth-order valence-electron chi connectivity index (χ4n) is 2.85. The second kappa shape index (κ2) is 5.89. The minimum atomic E-state index is -3.35. The number of pyridine rings is 1. The Morgan fingerprint density at radius 3 is 2.78 bits per heavy atom. The van der Waals surface area contributed by atoms with E-state index >= 15 is 0 Å². The predicted octanol–water partition coefficient (Wildman–Crippen LogP) is 0.728. The Bertz CT molecular complexity index is 830. The Balaban J connectivity index is 1.84. The molecule has 3 rings (SSSR count). The molecule has 0 spiro atoms. The molecule has 1 saturated heterocycles. The Hall–Kier alpha value is -2.00. The zero-order valence-electron chi connectivity index (χ0n) is 13.0. The highest BCUT2D eigenvalue weighted by Crippen LogP contribution is 2.23. The average molecular weight is 337 g/mol. The van der Waals surface area contributed by atoms with Crippen LogP contribution in [0.5, 0.6) is 0 Å². The van der Waals surface area contributed by atoms with E-state index in [1.54, 1.807) is 22.7 Å². The summed E-state index contributed by atoms with van der Waals surface area (Å²) in [6, 6.07) is 2.75. The number of rotatable bonds is 4. The maximum absolute atomic E-state index is 12.6. The Morgan fingerprint density at radius 2 is 2.13 bits per heavy atom. The lowest BCUT2D eigenvalue weighted by Crippen LogP contribution is -2.48. The van der Waals surface area contributed by atoms with Gasteiger partial charge in [0.25, 0.3) is 0 Å². The van der Waals surface area contributed by atoms with Crippen LogP contribution >= 0.6 is 0 Å². The molecule has 23 heavy (non-hydrogen) atoms. The highest BCUT2D eigenvalue weighted by Gasteiger charge is 2.39. The van der Waals surface area contributed by atoms with Crippen LogP contribution in [0.3, 0.4) is 0 Å². The molecule has 1 amide bonds. The summed E-state index contributed by atoms with van der Waals surface area (Å²) >= 11 is 0. The van der Waals surface area contributed by atoms with Gasteiger partial charge in [-0.1, -0.05) is 13.8 Å². The first-order valence-corrected chi connectivity index (χ1v) is 9.09. The maximum atomic E-state index is 12.6. The molecular formula is C14H19N5O3S. The van der Waals surface area contributed by atoms with E-state index in [2.05, 4.69) is 15.5 Å². The molecule has 0 aliphatic carbocycles. The fourth-order valence-corrected chi connectivity index (χ4v) is 4.68. The molecule has 1 aliphatic rings. The van der Waals surface area contributed by atoms with Crippen molar-refractivity contribution in [3.63, 3.8) is 0 Å². The molecule has 0 radical (unpaired) electrons. The molecule has 0 saturated carbocycles. The summed E-state index contributed by atoms with van der Waals surface area (Å²) in [5, 5.41) is 10.5. The van der Waals surface area contributed by atoms with E-state index in [9.17, 15) is 13.2 Å². The summed E-state index contributed by atoms with van der Waals surface area (Å²) in [6.45, 7) is 4.09. The summed E-state index contributed by atoms with van der Waals surface area (Å²) in [6.07, 6.45) is 3.80. The van der Waals surface area contributed by atoms with Gasteiger partial charge in [0.1, 0.15) is 12.4 Å². The number of hydrogen-bond acceptors (Lipinski definition) is 5. The van der Waals surface area contributed by atoms with Crippen molar-refractivity contribution in [2.24, 2.45) is 5.92 Å². The summed E-state index contributed by atoms with van der Waals surface area (Å²) < 4.78 is 27.3. The van der Waals surface area contributed by atoms with E-state index in [0.29, 0.717) is 24.3 Å². The van der Waals surface area contributed by atoms with Crippen molar-refractivity contribution in [2.45, 2.75) is 26.3 Å². The Labute approximate surface area is 134 Å². The summed E-state index contributed by atoms with van der Waals surface area (Å²) in [5.41, 5.74) is 1.25. The number of fused-ring (bicyclic) bond motifs is 1. The van der Waals surface area contributed by atoms with E-state index in [-0.39, 0.29) is 17.6 Å². The van der Waals surface area contributed by atoms with Gasteiger partial charge in [-0.3, -0.25) is 9.20 Å². The van der Waals surface area contributed by atoms with Gasteiger partial charge in [-0.05, 0) is 24.5 Å². The number of anilines is 1. The van der Waals surface area contributed by atoms with Crippen molar-refractivity contribution >= 4 is 27.3 Å². The van der Waals surface area contributed by atoms with Gasteiger partial charge in [0, 0.05) is 12.7 Å². The van der Waals surface area contributed by atoms with Gasteiger partial charge in [0.15, 0.2) is 5.65 Å². The third kappa shape index (κ3) is 3.06. The van der Waals surface area contributed by atoms with Crippen LogP contribution in [0.15, 0.2) is 24.7 Å². The molecule has 124 valence electrons. The highest BCUT2D eigenvalue weighted by molar-refractivity contribution is 7.89. The summed E-state index contributed by atoms with van der Waals surface area (Å²) in [5.74, 6) is -0.338. The van der Waals surface area contributed by atoms with Crippen molar-refractivity contribution < 1.29 is 13.2 Å². The molecule has 0 aromatic carbocycles. The smallest absolute Gasteiger partial charge is 0.243 e. The number of sulfonamides is 1. The van der Waals surface area contributed by atoms with Gasteiger partial charge < -0.3 is 5.32 Å². The average Bonchev–Trinajstić information content (AvgIpc) is 3.05. The van der Waals surface area contributed by atoms with Crippen molar-refractivity contribution in [3.05, 3.63) is 24.7 Å². The lowest BCUT2D eigenvalue weighted by atomic mass is 10.0. The highest BCUT2D eigenvalue weighted by atomic mass is 32.2. The van der Waals surface area contributed by atoms with Gasteiger partial charge in [-0.2, -0.15) is 4.31 Å². The van der Waals surface area contributed by atoms with Gasteiger partial charge in [-0.25, -0.2) is 8.42 Å². The van der Waals surface area contributed by atoms with E-state index < -0.39 is 16.1 Å². The first-order valence-electron chi connectivity index (χ1n) is 7.48. The number of carbonyl (C=O) groups excluding carboxylic acids is 1. The number of nitrogens with zero attached hydrogens (tertiary/aromatic N) is 4. The second-order valence-corrected chi connectivity index (χ2v) is 8.01. The van der Waals surface area contributed by atoms with Crippen LogP contribution in [0.25, 0.3) is 5.65 Å². The molecule has 3 heterocycles. The van der Waals surface area contributed by atoms with Crippen LogP contribution in [0.4, 0.5) is 5.69 Å². The molecule has 2 aromatic rings. The molecule has 8 nitrogen and oxygen atoms in total. The Kier molecular flexibility index (Phi) is 4.07. The number of carbonyl (C=O) groups is 1. The first kappa shape index (κ1) is 15.9. The third-order valence-electron chi connectivity index (χ3n) is 3.91. The van der Waals surface area contributed by atoms with Crippen LogP contribution in [0.2, 0.25) is 0 Å². The van der Waals surface area contributed by atoms with Gasteiger partial charge in [0.2, 0.25) is 15.9 Å². The van der Waals surface area contributed by atoms with Crippen molar-refractivity contribution in [1.82, 2.24) is 18.9 Å². The first-order chi connectivity index (χ1) is 10.9. The lowest BCUT2D eigenvalue weighted by molar-refractivity contribution is -0.120. The summed E-state index contributed by atoms with van der Waals surface area (Å²) in [4.78, 5) is 12.6. The lowest BCUT2D eigenvalue weighted by Gasteiger charge is -2.28. The molecule has 1 aliphatic heterocycles. The van der Waals surface area contributed by atoms with Crippen LogP contribution < -0.4 is 5.32 Å². The molecule has 1 atom stereocenters. The maximum Gasteiger partial charge on any atom is 0.243 e. The van der Waals surface area contributed by atoms with Crippen LogP contribution in [-0.4, -0.2) is 51.6 Å². The van der Waals surface area contributed by atoms with E-state index in [1.165, 1.54) is 10.6 Å². The minimum Gasteiger partial charge on any atom is -0.323 e. The largest absolute Gasteiger partial charge is 0.323 e. The number of hydrogen-bond donors (Lipinski definition) is 1. The quantitative estimate of drug-likeness (QED) is 0.887. The molecule has 9 heteroatoms. The number of amides is 1. The predicted molar refractivity (Wildman–Crippen MR) is 85.4 cm³/mol. The van der Waals surface area contributed by atoms with Crippen LogP contribution in [-0.2, 0) is 14.8 Å². The topological polar surface area (TPSA) is 96.7 Å². The zero-order valence-corrected chi connectivity index (χ0v) is 13.8. The minimum absolute atomic E-state index is 0.107. The zero-order chi connectivity index (χ0) is 16.6. The molecule has 1 unspecified atom stereocenters. The van der Waals surface area contributed by atoms with Gasteiger partial charge in [0.05, 0.1) is 11.4 Å². The standard InChI is InChI=1S/C14H19N5O3S/c1-10(2)13(19-6-3-7-23(19,21)22)14(20)16-11-4-5-12-17-15-9-18(12)8-11/h4-5,8-10,13H,3,6-7H2,1-2H3,(H,16,20). The molecule has 1 fully saturated rings. The number of nitrogens with one attached hydrogen (secondary N) is 1. The third-order valence-corrected chi connectivity index (χ3v) is 5.84. The SMILES string of the molecule is CC(C)C(C(=O)Nc1ccc2nncn2c1)N1CCCS1(=O)=O. The van der Waals surface area contributed by atoms with Crippen molar-refractivity contribution in [3.8, 4) is 0 Å². The monoisotopic (exact) mass is 337 g/mol. The van der Waals surface area contributed by atoms with Crippen molar-refractivity contribution in [1.29, 1.82) is 0 Å². The van der Waals surface area contributed by atoms with Crippen LogP contribution in [0, 0.1) is 5.92 Å². The molecule has 1 N–H and O–H groups in total. The summed E-state index contributed by atoms with van der Waals surface area (Å²) in [7, 11) is -3.35. The fraction of sp³-hybridized carbons (Fsp3) is 0.500. The second-order valence-electron chi connectivity index (χ2n) is 5.97. The van der Waals surface area contributed by atoms with E-state index in [4.69, 9.17) is 0 Å². The number of aromatic nitrogens is 3. The van der Waals surface area contributed by atoms with Gasteiger partial charge in [-0.15, -0.1) is 10.2 Å². The van der Waals surface area contributed by atoms with E-state index in [0.717, 1.165) is 0 Å². The molecule has 2 aromatic heterocycles. The van der Waals surface area contributed by atoms with Crippen molar-refractivity contribution in [2.75, 3.05) is 17.6 Å². The van der Waals surface area contributed by atoms with Gasteiger partial charge >= 0.3 is 0 Å². The van der Waals surface area contributed by atoms with E-state index in [1.807, 2.05) is 13.8 Å². The van der Waals surface area contributed by atoms with Crippen LogP contribution in [0.1, 0.15) is 20.3 Å².